The fraction of sp³-hybridized carbons (Fsp3) is 0.375. The summed E-state index contributed by atoms with van der Waals surface area (Å²) in [6.45, 7) is 2.09. The minimum atomic E-state index is -0.164. The lowest BCUT2D eigenvalue weighted by Crippen LogP contribution is -2.14. The molecule has 74 valence electrons. The fourth-order valence-electron chi connectivity index (χ4n) is 1.24. The van der Waals surface area contributed by atoms with E-state index in [1.165, 1.54) is 10.6 Å². The molecule has 0 fully saturated rings. The average Bonchev–Trinajstić information content (AvgIpc) is 2.48. The summed E-state index contributed by atoms with van der Waals surface area (Å²) < 4.78 is 6.18. The van der Waals surface area contributed by atoms with Gasteiger partial charge in [-0.25, -0.2) is 4.98 Å². The lowest BCUT2D eigenvalue weighted by molar-refractivity contribution is 0.178. The van der Waals surface area contributed by atoms with Crippen LogP contribution in [0.15, 0.2) is 10.9 Å². The maximum absolute atomic E-state index is 11.4. The van der Waals surface area contributed by atoms with E-state index in [9.17, 15) is 4.79 Å². The van der Waals surface area contributed by atoms with E-state index in [4.69, 9.17) is 4.74 Å². The van der Waals surface area contributed by atoms with Gasteiger partial charge >= 0.3 is 0 Å². The van der Waals surface area contributed by atoms with Crippen molar-refractivity contribution in [1.82, 2.24) is 19.6 Å². The van der Waals surface area contributed by atoms with Crippen molar-refractivity contribution in [2.75, 3.05) is 7.11 Å². The van der Waals surface area contributed by atoms with Gasteiger partial charge in [0.25, 0.3) is 11.3 Å². The van der Waals surface area contributed by atoms with Crippen LogP contribution in [0.4, 0.5) is 0 Å². The molecule has 1 N–H and O–H groups in total. The highest BCUT2D eigenvalue weighted by molar-refractivity contribution is 5.27. The Balaban J connectivity index is 2.65. The number of rotatable bonds is 2. The molecule has 0 aromatic carbocycles. The molecule has 0 unspecified atom stereocenters. The zero-order chi connectivity index (χ0) is 10.1. The number of aryl methyl sites for hydroxylation is 1. The van der Waals surface area contributed by atoms with Gasteiger partial charge in [-0.3, -0.25) is 9.89 Å². The van der Waals surface area contributed by atoms with E-state index in [-0.39, 0.29) is 5.56 Å². The smallest absolute Gasteiger partial charge is 0.274 e. The molecule has 0 saturated heterocycles. The second-order valence-electron chi connectivity index (χ2n) is 2.97. The van der Waals surface area contributed by atoms with Crippen LogP contribution < -0.4 is 5.56 Å². The molecular formula is C8H10N4O2. The Morgan fingerprint density at radius 1 is 1.57 bits per heavy atom. The Morgan fingerprint density at radius 2 is 2.36 bits per heavy atom. The van der Waals surface area contributed by atoms with Crippen molar-refractivity contribution in [3.8, 4) is 0 Å². The molecule has 0 bridgehead atoms. The molecule has 6 nitrogen and oxygen atoms in total. The van der Waals surface area contributed by atoms with Crippen LogP contribution in [0.1, 0.15) is 11.5 Å². The first-order valence-corrected chi connectivity index (χ1v) is 4.15. The maximum atomic E-state index is 11.4. The van der Waals surface area contributed by atoms with Crippen molar-refractivity contribution in [2.45, 2.75) is 13.5 Å². The number of H-pyrrole nitrogens is 1. The van der Waals surface area contributed by atoms with E-state index in [0.717, 1.165) is 0 Å². The third-order valence-electron chi connectivity index (χ3n) is 1.79. The zero-order valence-corrected chi connectivity index (χ0v) is 7.94. The van der Waals surface area contributed by atoms with Crippen molar-refractivity contribution >= 4 is 5.78 Å². The number of hydrogen-bond acceptors (Lipinski definition) is 4. The van der Waals surface area contributed by atoms with Crippen LogP contribution in [-0.4, -0.2) is 26.7 Å². The second kappa shape index (κ2) is 3.22. The van der Waals surface area contributed by atoms with Crippen LogP contribution in [0.2, 0.25) is 0 Å². The van der Waals surface area contributed by atoms with Gasteiger partial charge in [-0.1, -0.05) is 0 Å². The van der Waals surface area contributed by atoms with Crippen LogP contribution in [0, 0.1) is 6.92 Å². The van der Waals surface area contributed by atoms with Crippen LogP contribution in [0.25, 0.3) is 5.78 Å². The number of methoxy groups -OCH3 is 1. The molecule has 0 amide bonds. The van der Waals surface area contributed by atoms with Crippen LogP contribution in [0.5, 0.6) is 0 Å². The maximum Gasteiger partial charge on any atom is 0.274 e. The van der Waals surface area contributed by atoms with Gasteiger partial charge in [-0.05, 0) is 6.92 Å². The lowest BCUT2D eigenvalue weighted by atomic mass is 10.5. The molecular weight excluding hydrogens is 184 g/mol. The highest BCUT2D eigenvalue weighted by Crippen LogP contribution is 1.97. The topological polar surface area (TPSA) is 72.3 Å². The number of nitrogens with one attached hydrogen (secondary N) is 1. The minimum Gasteiger partial charge on any atom is -0.377 e. The van der Waals surface area contributed by atoms with Crippen molar-refractivity contribution in [1.29, 1.82) is 0 Å². The number of hydrogen-bond donors (Lipinski definition) is 1. The SMILES string of the molecule is COCc1nc2nc(C)cc(=O)n2[nH]1. The summed E-state index contributed by atoms with van der Waals surface area (Å²) in [4.78, 5) is 19.6. The monoisotopic (exact) mass is 194 g/mol. The molecule has 0 spiro atoms. The van der Waals surface area contributed by atoms with E-state index >= 15 is 0 Å². The van der Waals surface area contributed by atoms with Gasteiger partial charge in [-0.15, -0.1) is 0 Å². The quantitative estimate of drug-likeness (QED) is 0.723. The Morgan fingerprint density at radius 3 is 3.07 bits per heavy atom. The van der Waals surface area contributed by atoms with E-state index < -0.39 is 0 Å². The Labute approximate surface area is 79.5 Å². The highest BCUT2D eigenvalue weighted by Gasteiger charge is 2.05. The largest absolute Gasteiger partial charge is 0.377 e. The summed E-state index contributed by atoms with van der Waals surface area (Å²) in [5.74, 6) is 0.963. The van der Waals surface area contributed by atoms with Crippen molar-refractivity contribution in [2.24, 2.45) is 0 Å². The summed E-state index contributed by atoms with van der Waals surface area (Å²) in [7, 11) is 1.56. The normalized spacial score (nSPS) is 11.0. The van der Waals surface area contributed by atoms with Gasteiger partial charge < -0.3 is 4.74 Å². The molecule has 2 aromatic heterocycles. The average molecular weight is 194 g/mol. The van der Waals surface area contributed by atoms with Gasteiger partial charge in [0.2, 0.25) is 0 Å². The third-order valence-corrected chi connectivity index (χ3v) is 1.79. The van der Waals surface area contributed by atoms with Gasteiger partial charge in [0, 0.05) is 18.9 Å². The van der Waals surface area contributed by atoms with E-state index in [1.54, 1.807) is 14.0 Å². The van der Waals surface area contributed by atoms with E-state index in [2.05, 4.69) is 15.1 Å². The molecule has 0 atom stereocenters. The lowest BCUT2D eigenvalue weighted by Gasteiger charge is -1.91. The van der Waals surface area contributed by atoms with Crippen LogP contribution >= 0.6 is 0 Å². The van der Waals surface area contributed by atoms with E-state index in [0.29, 0.717) is 23.9 Å². The molecule has 0 saturated carbocycles. The number of aromatic amines is 1. The number of fused-ring (bicyclic) bond motifs is 1. The first-order valence-electron chi connectivity index (χ1n) is 4.15. The van der Waals surface area contributed by atoms with Crippen molar-refractivity contribution < 1.29 is 4.74 Å². The minimum absolute atomic E-state index is 0.164. The number of nitrogens with zero attached hydrogens (tertiary/aromatic N) is 3. The molecule has 14 heavy (non-hydrogen) atoms. The predicted molar refractivity (Wildman–Crippen MR) is 49.1 cm³/mol. The highest BCUT2D eigenvalue weighted by atomic mass is 16.5. The molecule has 0 radical (unpaired) electrons. The Bertz CT molecular complexity index is 514. The van der Waals surface area contributed by atoms with Gasteiger partial charge in [0.15, 0.2) is 5.82 Å². The van der Waals surface area contributed by atoms with Crippen LogP contribution in [0.3, 0.4) is 0 Å². The van der Waals surface area contributed by atoms with E-state index in [1.807, 2.05) is 0 Å². The Kier molecular flexibility index (Phi) is 2.05. The van der Waals surface area contributed by atoms with Crippen LogP contribution in [-0.2, 0) is 11.3 Å². The standard InChI is InChI=1S/C8H10N4O2/c1-5-3-7(13)12-8(9-5)10-6(11-12)4-14-2/h3H,4H2,1-2H3,(H,9,10,11). The van der Waals surface area contributed by atoms with Crippen molar-refractivity contribution in [3.05, 3.63) is 27.9 Å². The summed E-state index contributed by atoms with van der Waals surface area (Å²) >= 11 is 0. The van der Waals surface area contributed by atoms with Gasteiger partial charge in [0.1, 0.15) is 6.61 Å². The first-order chi connectivity index (χ1) is 6.70. The molecule has 6 heteroatoms. The molecule has 2 heterocycles. The summed E-state index contributed by atoms with van der Waals surface area (Å²) in [5, 5.41) is 2.80. The molecule has 2 rings (SSSR count). The summed E-state index contributed by atoms with van der Waals surface area (Å²) in [5.41, 5.74) is 0.493. The molecule has 0 aliphatic heterocycles. The molecule has 0 aliphatic carbocycles. The van der Waals surface area contributed by atoms with Gasteiger partial charge in [0.05, 0.1) is 0 Å². The fourth-order valence-corrected chi connectivity index (χ4v) is 1.24. The first kappa shape index (κ1) is 8.89. The summed E-state index contributed by atoms with van der Waals surface area (Å²) in [6.07, 6.45) is 0. The molecule has 2 aromatic rings. The predicted octanol–water partition coefficient (Wildman–Crippen LogP) is -0.128. The van der Waals surface area contributed by atoms with Gasteiger partial charge in [-0.2, -0.15) is 9.50 Å². The second-order valence-corrected chi connectivity index (χ2v) is 2.97. The molecule has 0 aliphatic rings. The summed E-state index contributed by atoms with van der Waals surface area (Å²) in [6, 6.07) is 1.45. The number of ether oxygens (including phenoxy) is 1. The third kappa shape index (κ3) is 1.39. The number of aromatic nitrogens is 4. The zero-order valence-electron chi connectivity index (χ0n) is 7.94. The Hall–Kier alpha value is -1.69. The van der Waals surface area contributed by atoms with Crippen molar-refractivity contribution in [3.63, 3.8) is 0 Å².